The molecule has 0 bridgehead atoms. The molecule has 0 unspecified atom stereocenters. The number of piperidine rings is 1. The summed E-state index contributed by atoms with van der Waals surface area (Å²) in [5.41, 5.74) is 1.10. The summed E-state index contributed by atoms with van der Waals surface area (Å²) >= 11 is 1.84. The summed E-state index contributed by atoms with van der Waals surface area (Å²) in [6, 6.07) is 5.19. The molecule has 0 atom stereocenters. The van der Waals surface area contributed by atoms with Crippen molar-refractivity contribution < 1.29 is 4.39 Å². The van der Waals surface area contributed by atoms with Crippen LogP contribution in [0.1, 0.15) is 12.8 Å². The fourth-order valence-corrected chi connectivity index (χ4v) is 3.84. The molecule has 1 aromatic carbocycles. The number of thioether (sulfide) groups is 1. The molecule has 1 N–H and O–H groups in total. The second kappa shape index (κ2) is 5.49. The van der Waals surface area contributed by atoms with Crippen LogP contribution in [0.25, 0.3) is 0 Å². The summed E-state index contributed by atoms with van der Waals surface area (Å²) in [7, 11) is 0. The van der Waals surface area contributed by atoms with Gasteiger partial charge in [0.15, 0.2) is 0 Å². The van der Waals surface area contributed by atoms with Crippen LogP contribution in [-0.4, -0.2) is 31.9 Å². The number of nitrogens with zero attached hydrogens (tertiary/aromatic N) is 1. The number of hydrogen-bond acceptors (Lipinski definition) is 3. The van der Waals surface area contributed by atoms with Gasteiger partial charge in [-0.25, -0.2) is 4.39 Å². The highest BCUT2D eigenvalue weighted by Crippen LogP contribution is 2.35. The second-order valence-corrected chi connectivity index (χ2v) is 6.24. The molecule has 0 aromatic heterocycles. The standard InChI is InChI=1S/C14H19FN2S/c15-12-1-2-14-13(9-12)17(7-8-18-14)10-11-3-5-16-6-4-11/h1-2,9,11,16H,3-8,10H2. The van der Waals surface area contributed by atoms with Crippen LogP contribution in [0.15, 0.2) is 23.1 Å². The molecule has 2 aliphatic heterocycles. The molecule has 0 aliphatic carbocycles. The van der Waals surface area contributed by atoms with Gasteiger partial charge >= 0.3 is 0 Å². The Hall–Kier alpha value is -0.740. The summed E-state index contributed by atoms with van der Waals surface area (Å²) in [5, 5.41) is 3.40. The van der Waals surface area contributed by atoms with E-state index in [0.717, 1.165) is 43.5 Å². The van der Waals surface area contributed by atoms with Crippen molar-refractivity contribution in [2.24, 2.45) is 5.92 Å². The smallest absolute Gasteiger partial charge is 0.125 e. The number of rotatable bonds is 2. The van der Waals surface area contributed by atoms with Gasteiger partial charge in [0, 0.05) is 23.7 Å². The average Bonchev–Trinajstić information content (AvgIpc) is 2.41. The molecular weight excluding hydrogens is 247 g/mol. The van der Waals surface area contributed by atoms with Crippen molar-refractivity contribution in [2.75, 3.05) is 36.8 Å². The fraction of sp³-hybridized carbons (Fsp3) is 0.571. The van der Waals surface area contributed by atoms with Gasteiger partial charge in [0.2, 0.25) is 0 Å². The molecule has 3 rings (SSSR count). The Kier molecular flexibility index (Phi) is 3.75. The van der Waals surface area contributed by atoms with Crippen molar-refractivity contribution in [3.05, 3.63) is 24.0 Å². The van der Waals surface area contributed by atoms with E-state index in [0.29, 0.717) is 0 Å². The molecule has 1 saturated heterocycles. The highest BCUT2D eigenvalue weighted by molar-refractivity contribution is 7.99. The zero-order valence-corrected chi connectivity index (χ0v) is 11.3. The van der Waals surface area contributed by atoms with Crippen LogP contribution >= 0.6 is 11.8 Å². The van der Waals surface area contributed by atoms with Crippen LogP contribution < -0.4 is 10.2 Å². The van der Waals surface area contributed by atoms with E-state index in [1.165, 1.54) is 17.7 Å². The lowest BCUT2D eigenvalue weighted by atomic mass is 9.97. The minimum Gasteiger partial charge on any atom is -0.369 e. The molecule has 0 saturated carbocycles. The molecule has 2 aliphatic rings. The summed E-state index contributed by atoms with van der Waals surface area (Å²) in [6.45, 7) is 4.39. The minimum atomic E-state index is -0.119. The van der Waals surface area contributed by atoms with Crippen molar-refractivity contribution >= 4 is 17.4 Å². The lowest BCUT2D eigenvalue weighted by Gasteiger charge is -2.35. The minimum absolute atomic E-state index is 0.119. The Bertz CT molecular complexity index is 418. The van der Waals surface area contributed by atoms with Crippen LogP contribution in [0.4, 0.5) is 10.1 Å². The van der Waals surface area contributed by atoms with E-state index in [1.54, 1.807) is 12.1 Å². The van der Waals surface area contributed by atoms with Gasteiger partial charge in [0.05, 0.1) is 5.69 Å². The van der Waals surface area contributed by atoms with Gasteiger partial charge in [0.25, 0.3) is 0 Å². The van der Waals surface area contributed by atoms with Crippen molar-refractivity contribution in [3.8, 4) is 0 Å². The van der Waals surface area contributed by atoms with Crippen LogP contribution in [0.3, 0.4) is 0 Å². The third-order valence-electron chi connectivity index (χ3n) is 3.82. The number of halogens is 1. The van der Waals surface area contributed by atoms with Crippen LogP contribution in [0.2, 0.25) is 0 Å². The number of anilines is 1. The number of nitrogens with one attached hydrogen (secondary N) is 1. The van der Waals surface area contributed by atoms with E-state index in [-0.39, 0.29) is 5.82 Å². The van der Waals surface area contributed by atoms with Gasteiger partial charge in [-0.3, -0.25) is 0 Å². The lowest BCUT2D eigenvalue weighted by molar-refractivity contribution is 0.374. The Morgan fingerprint density at radius 1 is 1.33 bits per heavy atom. The molecule has 4 heteroatoms. The van der Waals surface area contributed by atoms with Crippen LogP contribution in [-0.2, 0) is 0 Å². The van der Waals surface area contributed by atoms with Gasteiger partial charge < -0.3 is 10.2 Å². The summed E-state index contributed by atoms with van der Waals surface area (Å²) in [6.07, 6.45) is 2.49. The van der Waals surface area contributed by atoms with Gasteiger partial charge in [-0.2, -0.15) is 0 Å². The van der Waals surface area contributed by atoms with Gasteiger partial charge in [0.1, 0.15) is 5.82 Å². The van der Waals surface area contributed by atoms with E-state index in [4.69, 9.17) is 0 Å². The third kappa shape index (κ3) is 2.64. The zero-order valence-electron chi connectivity index (χ0n) is 10.5. The molecule has 98 valence electrons. The van der Waals surface area contributed by atoms with E-state index >= 15 is 0 Å². The molecule has 2 heterocycles. The maximum atomic E-state index is 13.4. The molecule has 2 nitrogen and oxygen atoms in total. The first kappa shape index (κ1) is 12.3. The van der Waals surface area contributed by atoms with E-state index in [1.807, 2.05) is 17.8 Å². The molecule has 1 aromatic rings. The van der Waals surface area contributed by atoms with E-state index in [9.17, 15) is 4.39 Å². The average molecular weight is 266 g/mol. The normalized spacial score (nSPS) is 20.8. The van der Waals surface area contributed by atoms with Crippen LogP contribution in [0, 0.1) is 11.7 Å². The predicted molar refractivity (Wildman–Crippen MR) is 74.9 cm³/mol. The number of fused-ring (bicyclic) bond motifs is 1. The highest BCUT2D eigenvalue weighted by atomic mass is 32.2. The largest absolute Gasteiger partial charge is 0.369 e. The summed E-state index contributed by atoms with van der Waals surface area (Å²) in [4.78, 5) is 3.61. The first-order chi connectivity index (χ1) is 8.83. The maximum Gasteiger partial charge on any atom is 0.125 e. The van der Waals surface area contributed by atoms with Crippen molar-refractivity contribution in [2.45, 2.75) is 17.7 Å². The van der Waals surface area contributed by atoms with Gasteiger partial charge in [-0.05, 0) is 50.0 Å². The predicted octanol–water partition coefficient (Wildman–Crippen LogP) is 2.74. The Morgan fingerprint density at radius 2 is 2.17 bits per heavy atom. The monoisotopic (exact) mass is 266 g/mol. The SMILES string of the molecule is Fc1ccc2c(c1)N(CC1CCNCC1)CCS2. The highest BCUT2D eigenvalue weighted by Gasteiger charge is 2.22. The second-order valence-electron chi connectivity index (χ2n) is 5.10. The van der Waals surface area contributed by atoms with E-state index in [2.05, 4.69) is 10.2 Å². The zero-order chi connectivity index (χ0) is 12.4. The number of hydrogen-bond donors (Lipinski definition) is 1. The molecule has 0 amide bonds. The molecular formula is C14H19FN2S. The maximum absolute atomic E-state index is 13.4. The van der Waals surface area contributed by atoms with E-state index < -0.39 is 0 Å². The topological polar surface area (TPSA) is 15.3 Å². The fourth-order valence-electron chi connectivity index (χ4n) is 2.81. The first-order valence-corrected chi connectivity index (χ1v) is 7.69. The van der Waals surface area contributed by atoms with Gasteiger partial charge in [-0.15, -0.1) is 11.8 Å². The van der Waals surface area contributed by atoms with Crippen molar-refractivity contribution in [1.29, 1.82) is 0 Å². The Morgan fingerprint density at radius 3 is 3.00 bits per heavy atom. The molecule has 0 spiro atoms. The first-order valence-electron chi connectivity index (χ1n) is 6.71. The molecule has 18 heavy (non-hydrogen) atoms. The lowest BCUT2D eigenvalue weighted by Crippen LogP contribution is -2.38. The third-order valence-corrected chi connectivity index (χ3v) is 4.86. The quantitative estimate of drug-likeness (QED) is 0.886. The summed E-state index contributed by atoms with van der Waals surface area (Å²) in [5.74, 6) is 1.75. The molecule has 1 fully saturated rings. The molecule has 0 radical (unpaired) electrons. The van der Waals surface area contributed by atoms with Crippen molar-refractivity contribution in [1.82, 2.24) is 5.32 Å². The number of benzene rings is 1. The van der Waals surface area contributed by atoms with Crippen LogP contribution in [0.5, 0.6) is 0 Å². The Balaban J connectivity index is 1.75. The Labute approximate surface area is 112 Å². The van der Waals surface area contributed by atoms with Gasteiger partial charge in [-0.1, -0.05) is 0 Å². The summed E-state index contributed by atoms with van der Waals surface area (Å²) < 4.78 is 13.4. The van der Waals surface area contributed by atoms with Crippen molar-refractivity contribution in [3.63, 3.8) is 0 Å².